The van der Waals surface area contributed by atoms with E-state index in [9.17, 15) is 58.2 Å². The molecule has 3 rings (SSSR count). The van der Waals surface area contributed by atoms with Crippen molar-refractivity contribution in [1.29, 1.82) is 0 Å². The maximum absolute atomic E-state index is 14.2. The normalized spacial score (nSPS) is 13.5. The number of phenolic OH excluding ortho intramolecular Hbond substituents is 1. The maximum Gasteiger partial charge on any atom is 0.305 e. The van der Waals surface area contributed by atoms with Crippen LogP contribution in [-0.2, 0) is 68.0 Å². The topological polar surface area (TPSA) is 432 Å². The van der Waals surface area contributed by atoms with E-state index in [1.165, 1.54) is 38.1 Å². The average molecular weight is 1120 g/mol. The molecule has 80 heavy (non-hydrogen) atoms. The zero-order valence-electron chi connectivity index (χ0n) is 45.9. The van der Waals surface area contributed by atoms with Gasteiger partial charge in [0.05, 0.1) is 13.0 Å². The summed E-state index contributed by atoms with van der Waals surface area (Å²) in [6, 6.07) is 3.50. The Balaban J connectivity index is 1.87. The zero-order chi connectivity index (χ0) is 59.5. The van der Waals surface area contributed by atoms with Crippen LogP contribution < -0.4 is 74.6 Å². The van der Waals surface area contributed by atoms with Crippen molar-refractivity contribution in [2.75, 3.05) is 19.6 Å². The predicted octanol–water partition coefficient (Wildman–Crippen LogP) is -3.46. The molecule has 0 spiro atoms. The monoisotopic (exact) mass is 1120 g/mol. The van der Waals surface area contributed by atoms with Gasteiger partial charge in [0.2, 0.25) is 53.2 Å². The number of nitrogens with zero attached hydrogens (tertiary/aromatic N) is 3. The van der Waals surface area contributed by atoms with E-state index in [1.807, 2.05) is 65.2 Å². The highest BCUT2D eigenvalue weighted by molar-refractivity contribution is 5.98. The molecule has 2 heterocycles. The van der Waals surface area contributed by atoms with E-state index >= 15 is 0 Å². The van der Waals surface area contributed by atoms with Gasteiger partial charge in [-0.2, -0.15) is 0 Å². The molecule has 0 saturated carbocycles. The number of aliphatic imine (C=N–C) groups is 1. The summed E-state index contributed by atoms with van der Waals surface area (Å²) in [6.45, 7) is 6.61. The Hall–Kier alpha value is -8.75. The van der Waals surface area contributed by atoms with Crippen molar-refractivity contribution < 1.29 is 67.3 Å². The fourth-order valence-electron chi connectivity index (χ4n) is 7.98. The number of nitrogens with two attached hydrogens (primary N) is 4. The van der Waals surface area contributed by atoms with Gasteiger partial charge in [-0.1, -0.05) is 26.0 Å². The highest BCUT2D eigenvalue weighted by atomic mass is 16.4. The van der Waals surface area contributed by atoms with Crippen molar-refractivity contribution in [3.8, 4) is 16.9 Å². The Labute approximate surface area is 464 Å². The number of nitrogens with one attached hydrogen (secondary N) is 8. The van der Waals surface area contributed by atoms with Crippen molar-refractivity contribution in [2.24, 2.45) is 40.9 Å². The number of aliphatic carboxylic acids is 1. The van der Waals surface area contributed by atoms with Crippen LogP contribution in [-0.4, -0.2) is 137 Å². The number of primary amides is 1. The number of phenols is 1. The van der Waals surface area contributed by atoms with E-state index in [0.29, 0.717) is 31.5 Å². The molecule has 3 aromatic rings. The van der Waals surface area contributed by atoms with Gasteiger partial charge in [-0.25, -0.2) is 9.13 Å². The number of guanidine groups is 1. The zero-order valence-corrected chi connectivity index (χ0v) is 45.9. The minimum atomic E-state index is -1.86. The van der Waals surface area contributed by atoms with Crippen LogP contribution in [0.4, 0.5) is 0 Å². The Bertz CT molecular complexity index is 2610. The number of aromatic nitrogens is 2. The molecule has 0 fully saturated rings. The van der Waals surface area contributed by atoms with Crippen LogP contribution in [0.3, 0.4) is 0 Å². The molecule has 2 aromatic heterocycles. The van der Waals surface area contributed by atoms with Crippen LogP contribution in [0.5, 0.6) is 5.75 Å². The number of aryl methyl sites for hydroxylation is 1. The molecule has 0 aliphatic carbocycles. The van der Waals surface area contributed by atoms with E-state index < -0.39 is 120 Å². The molecule has 9 amide bonds. The third-order valence-electron chi connectivity index (χ3n) is 12.5. The van der Waals surface area contributed by atoms with Gasteiger partial charge >= 0.3 is 5.97 Å². The van der Waals surface area contributed by atoms with Gasteiger partial charge in [-0.05, 0) is 86.7 Å². The van der Waals surface area contributed by atoms with Gasteiger partial charge in [-0.3, -0.25) is 52.9 Å². The molecule has 0 unspecified atom stereocenters. The average Bonchev–Trinajstić information content (AvgIpc) is 3.39. The summed E-state index contributed by atoms with van der Waals surface area (Å²) in [7, 11) is 1.91. The Morgan fingerprint density at radius 1 is 0.613 bits per heavy atom. The highest BCUT2D eigenvalue weighted by Crippen LogP contribution is 2.16. The largest absolute Gasteiger partial charge is 0.508 e. The van der Waals surface area contributed by atoms with Gasteiger partial charge in [0, 0.05) is 50.6 Å². The lowest BCUT2D eigenvalue weighted by atomic mass is 10.0. The number of carbonyl (C=O) groups is 10. The summed E-state index contributed by atoms with van der Waals surface area (Å²) in [5, 5.41) is 40.0. The number of amides is 9. The molecule has 0 aliphatic heterocycles. The lowest BCUT2D eigenvalue weighted by molar-refractivity contribution is -0.694. The molecular weight excluding hydrogens is 1040 g/mol. The van der Waals surface area contributed by atoms with E-state index in [1.54, 1.807) is 13.8 Å². The van der Waals surface area contributed by atoms with Crippen LogP contribution in [0.25, 0.3) is 11.1 Å². The van der Waals surface area contributed by atoms with Gasteiger partial charge in [0.15, 0.2) is 37.3 Å². The summed E-state index contributed by atoms with van der Waals surface area (Å²) >= 11 is 0. The van der Waals surface area contributed by atoms with Crippen LogP contribution >= 0.6 is 0 Å². The standard InChI is InChI=1S/C53H77N15O12/c1-31(2)45(66-49(77)39(61-33(4)69)9-6-7-21-54)52(80)65-42(30-44(72)73)51(79)63-40(15-16-43(71)58-23-28-68-26-19-36(20-27-68)35-17-24-67(5)25-18-35)48(76)60-32(3)47(75)64-41(29-34-11-13-37(70)14-12-34)50(78)62-38(46(55)74)10-8-22-59-53(56)57/h11-14,17-20,24-27,31-32,38-42,45H,6-10,15-16,21-23,28-30,54H2,1-5H3,(H14-2,55,56,57,58,59,60,61,62,63,64,65,66,69,70,71,72,73,74,75,76,77,78,79,80)/p+2/t32-,38-,39-,40-,41-,42-,45-/m0/s1. The minimum absolute atomic E-state index is 0.0265. The van der Waals surface area contributed by atoms with Crippen LogP contribution in [0.15, 0.2) is 78.3 Å². The van der Waals surface area contributed by atoms with Crippen molar-refractivity contribution >= 4 is 65.1 Å². The Morgan fingerprint density at radius 3 is 1.73 bits per heavy atom. The Kier molecular flexibility index (Phi) is 27.5. The van der Waals surface area contributed by atoms with E-state index in [4.69, 9.17) is 22.9 Å². The quantitative estimate of drug-likeness (QED) is 0.0120. The molecule has 0 saturated heterocycles. The first-order valence-corrected chi connectivity index (χ1v) is 26.2. The molecule has 0 radical (unpaired) electrons. The summed E-state index contributed by atoms with van der Waals surface area (Å²) in [6.07, 6.45) is 7.05. The fraction of sp³-hybridized carbons (Fsp3) is 0.491. The second-order valence-corrected chi connectivity index (χ2v) is 19.5. The maximum atomic E-state index is 14.2. The smallest absolute Gasteiger partial charge is 0.305 e. The van der Waals surface area contributed by atoms with Gasteiger partial charge in [-0.15, -0.1) is 0 Å². The van der Waals surface area contributed by atoms with Crippen LogP contribution in [0.2, 0.25) is 0 Å². The first-order chi connectivity index (χ1) is 37.9. The molecule has 0 aliphatic rings. The number of hydrogen-bond donors (Lipinski definition) is 14. The van der Waals surface area contributed by atoms with Crippen molar-refractivity contribution in [1.82, 2.24) is 42.5 Å². The van der Waals surface area contributed by atoms with E-state index in [2.05, 4.69) is 47.5 Å². The number of carboxylic acids is 1. The number of carboxylic acid groups (broad SMARTS) is 1. The third kappa shape index (κ3) is 23.9. The van der Waals surface area contributed by atoms with Crippen LogP contribution in [0, 0.1) is 5.92 Å². The molecule has 1 aromatic carbocycles. The molecule has 7 atom stereocenters. The summed E-state index contributed by atoms with van der Waals surface area (Å²) in [4.78, 5) is 137. The highest BCUT2D eigenvalue weighted by Gasteiger charge is 2.35. The lowest BCUT2D eigenvalue weighted by Gasteiger charge is -2.28. The van der Waals surface area contributed by atoms with Gasteiger partial charge in [0.25, 0.3) is 0 Å². The fourth-order valence-corrected chi connectivity index (χ4v) is 7.98. The minimum Gasteiger partial charge on any atom is -0.508 e. The summed E-state index contributed by atoms with van der Waals surface area (Å²) in [5.41, 5.74) is 24.4. The number of benzene rings is 1. The molecule has 27 nitrogen and oxygen atoms in total. The molecular formula is C53H79N15O12+2. The number of aromatic hydroxyl groups is 1. The van der Waals surface area contributed by atoms with Crippen LogP contribution in [0.1, 0.15) is 84.6 Å². The number of unbranched alkanes of at least 4 members (excludes halogenated alkanes) is 1. The SMILES string of the molecule is CC(=O)N[C@@H](CCCCN)C(=O)N[C@H](C(=O)N[C@@H](CC(=O)O)C(=O)N[C@@H](CCC(=O)NCC[n+]1ccc(-c2cc[n+](C)cc2)cc1)C(=O)N[C@@H](C)C(=O)N[C@@H](Cc1ccc(O)cc1)C(=O)N[C@@H](CCCN=C(N)N)C(N)=O)C(C)C. The van der Waals surface area contributed by atoms with E-state index in [0.717, 1.165) is 11.1 Å². The second kappa shape index (κ2) is 33.5. The Morgan fingerprint density at radius 2 is 1.15 bits per heavy atom. The first-order valence-electron chi connectivity index (χ1n) is 26.2. The third-order valence-corrected chi connectivity index (χ3v) is 12.5. The van der Waals surface area contributed by atoms with Crippen molar-refractivity contribution in [2.45, 2.75) is 134 Å². The number of rotatable bonds is 34. The van der Waals surface area contributed by atoms with Crippen molar-refractivity contribution in [3.63, 3.8) is 0 Å². The molecule has 436 valence electrons. The molecule has 27 heteroatoms. The van der Waals surface area contributed by atoms with Crippen molar-refractivity contribution in [3.05, 3.63) is 78.9 Å². The lowest BCUT2D eigenvalue weighted by Crippen LogP contribution is -2.60. The van der Waals surface area contributed by atoms with E-state index in [-0.39, 0.29) is 56.9 Å². The summed E-state index contributed by atoms with van der Waals surface area (Å²) in [5.74, 6) is -10.0. The number of pyridine rings is 2. The first kappa shape index (κ1) is 65.5. The van der Waals surface area contributed by atoms with Gasteiger partial charge in [0.1, 0.15) is 55.1 Å². The number of carbonyl (C=O) groups excluding carboxylic acids is 9. The van der Waals surface area contributed by atoms with Gasteiger partial charge < -0.3 is 75.7 Å². The number of hydrogen-bond acceptors (Lipinski definition) is 13. The summed E-state index contributed by atoms with van der Waals surface area (Å²) < 4.78 is 3.76. The second-order valence-electron chi connectivity index (χ2n) is 19.5. The molecule has 0 bridgehead atoms. The predicted molar refractivity (Wildman–Crippen MR) is 291 cm³/mol. The molecule has 18 N–H and O–H groups in total.